The zero-order chi connectivity index (χ0) is 15.1. The Balaban J connectivity index is 3.20. The number of nitrogens with one attached hydrogen (secondary N) is 1. The van der Waals surface area contributed by atoms with E-state index in [0.717, 1.165) is 31.4 Å². The number of hydrogen-bond acceptors (Lipinski definition) is 2. The van der Waals surface area contributed by atoms with E-state index in [9.17, 15) is 4.39 Å². The molecule has 0 aliphatic carbocycles. The summed E-state index contributed by atoms with van der Waals surface area (Å²) in [5.41, 5.74) is 1.03. The average Bonchev–Trinajstić information content (AvgIpc) is 2.46. The molecule has 114 valence electrons. The highest BCUT2D eigenvalue weighted by Gasteiger charge is 2.24. The van der Waals surface area contributed by atoms with Crippen molar-refractivity contribution in [1.29, 1.82) is 0 Å². The SMILES string of the molecule is CCCNC(c1cc(Br)c(F)cc1OC)C(CC)CC. The Morgan fingerprint density at radius 1 is 1.25 bits per heavy atom. The van der Waals surface area contributed by atoms with Crippen LogP contribution in [0.5, 0.6) is 5.75 Å². The Bertz CT molecular complexity index is 421. The van der Waals surface area contributed by atoms with Crippen LogP contribution in [0.4, 0.5) is 4.39 Å². The van der Waals surface area contributed by atoms with E-state index in [4.69, 9.17) is 4.74 Å². The number of ether oxygens (including phenoxy) is 1. The van der Waals surface area contributed by atoms with Crippen molar-refractivity contribution in [2.24, 2.45) is 5.92 Å². The van der Waals surface area contributed by atoms with Crippen LogP contribution in [-0.2, 0) is 0 Å². The Kier molecular flexibility index (Phi) is 7.52. The molecule has 0 aliphatic rings. The zero-order valence-corrected chi connectivity index (χ0v) is 14.4. The van der Waals surface area contributed by atoms with Crippen LogP contribution in [0.15, 0.2) is 16.6 Å². The van der Waals surface area contributed by atoms with E-state index in [2.05, 4.69) is 42.0 Å². The van der Waals surface area contributed by atoms with Crippen LogP contribution in [0.2, 0.25) is 0 Å². The van der Waals surface area contributed by atoms with E-state index in [1.165, 1.54) is 6.07 Å². The van der Waals surface area contributed by atoms with E-state index < -0.39 is 0 Å². The fraction of sp³-hybridized carbons (Fsp3) is 0.625. The molecule has 1 aromatic carbocycles. The highest BCUT2D eigenvalue weighted by atomic mass is 79.9. The number of hydrogen-bond donors (Lipinski definition) is 1. The fourth-order valence-corrected chi connectivity index (χ4v) is 2.92. The van der Waals surface area contributed by atoms with Gasteiger partial charge in [0, 0.05) is 17.7 Å². The molecular weight excluding hydrogens is 321 g/mol. The lowest BCUT2D eigenvalue weighted by Crippen LogP contribution is -2.29. The van der Waals surface area contributed by atoms with Gasteiger partial charge in [-0.1, -0.05) is 33.6 Å². The van der Waals surface area contributed by atoms with Crippen LogP contribution >= 0.6 is 15.9 Å². The van der Waals surface area contributed by atoms with E-state index in [-0.39, 0.29) is 11.9 Å². The topological polar surface area (TPSA) is 21.3 Å². The van der Waals surface area contributed by atoms with Gasteiger partial charge in [0.05, 0.1) is 11.6 Å². The van der Waals surface area contributed by atoms with Crippen molar-refractivity contribution in [2.75, 3.05) is 13.7 Å². The standard InChI is InChI=1S/C16H25BrFNO/c1-5-8-19-16(11(6-2)7-3)12-9-13(17)14(18)10-15(12)20-4/h9-11,16,19H,5-8H2,1-4H3. The van der Waals surface area contributed by atoms with Gasteiger partial charge in [0.15, 0.2) is 0 Å². The molecule has 0 radical (unpaired) electrons. The van der Waals surface area contributed by atoms with Crippen molar-refractivity contribution in [3.63, 3.8) is 0 Å². The largest absolute Gasteiger partial charge is 0.496 e. The third-order valence-electron chi connectivity index (χ3n) is 3.74. The van der Waals surface area contributed by atoms with Gasteiger partial charge in [-0.05, 0) is 40.9 Å². The summed E-state index contributed by atoms with van der Waals surface area (Å²) in [5.74, 6) is 0.836. The zero-order valence-electron chi connectivity index (χ0n) is 12.8. The molecule has 1 rings (SSSR count). The Labute approximate surface area is 130 Å². The Morgan fingerprint density at radius 3 is 2.40 bits per heavy atom. The summed E-state index contributed by atoms with van der Waals surface area (Å²) >= 11 is 3.28. The summed E-state index contributed by atoms with van der Waals surface area (Å²) in [6.45, 7) is 7.48. The fourth-order valence-electron chi connectivity index (χ4n) is 2.55. The number of rotatable bonds is 8. The van der Waals surface area contributed by atoms with Crippen LogP contribution in [0, 0.1) is 11.7 Å². The number of methoxy groups -OCH3 is 1. The minimum absolute atomic E-state index is 0.191. The van der Waals surface area contributed by atoms with Gasteiger partial charge in [0.1, 0.15) is 11.6 Å². The van der Waals surface area contributed by atoms with Crippen molar-refractivity contribution < 1.29 is 9.13 Å². The number of benzene rings is 1. The molecule has 1 aromatic rings. The summed E-state index contributed by atoms with van der Waals surface area (Å²) in [6.07, 6.45) is 3.23. The van der Waals surface area contributed by atoms with Crippen LogP contribution < -0.4 is 10.1 Å². The summed E-state index contributed by atoms with van der Waals surface area (Å²) in [7, 11) is 1.59. The maximum absolute atomic E-state index is 13.7. The van der Waals surface area contributed by atoms with E-state index in [1.54, 1.807) is 7.11 Å². The molecular formula is C16H25BrFNO. The van der Waals surface area contributed by atoms with Gasteiger partial charge in [0.25, 0.3) is 0 Å². The molecule has 0 bridgehead atoms. The smallest absolute Gasteiger partial charge is 0.141 e. The van der Waals surface area contributed by atoms with E-state index in [0.29, 0.717) is 16.1 Å². The van der Waals surface area contributed by atoms with Gasteiger partial charge in [-0.2, -0.15) is 0 Å². The molecule has 4 heteroatoms. The molecule has 1 N–H and O–H groups in total. The van der Waals surface area contributed by atoms with Crippen molar-refractivity contribution in [3.8, 4) is 5.75 Å². The first-order valence-electron chi connectivity index (χ1n) is 7.35. The van der Waals surface area contributed by atoms with Crippen LogP contribution in [0.3, 0.4) is 0 Å². The molecule has 0 aliphatic heterocycles. The van der Waals surface area contributed by atoms with E-state index >= 15 is 0 Å². The number of halogens is 2. The molecule has 0 saturated heterocycles. The molecule has 0 aromatic heterocycles. The first-order chi connectivity index (χ1) is 9.58. The predicted octanol–water partition coefficient (Wildman–Crippen LogP) is 5.07. The molecule has 2 nitrogen and oxygen atoms in total. The summed E-state index contributed by atoms with van der Waals surface area (Å²) < 4.78 is 19.5. The molecule has 0 amide bonds. The van der Waals surface area contributed by atoms with Gasteiger partial charge in [-0.3, -0.25) is 0 Å². The third-order valence-corrected chi connectivity index (χ3v) is 4.35. The normalized spacial score (nSPS) is 12.8. The van der Waals surface area contributed by atoms with Gasteiger partial charge in [0.2, 0.25) is 0 Å². The maximum Gasteiger partial charge on any atom is 0.141 e. The minimum Gasteiger partial charge on any atom is -0.496 e. The van der Waals surface area contributed by atoms with Crippen molar-refractivity contribution in [1.82, 2.24) is 5.32 Å². The highest BCUT2D eigenvalue weighted by Crippen LogP contribution is 2.36. The second kappa shape index (κ2) is 8.63. The first kappa shape index (κ1) is 17.4. The second-order valence-corrected chi connectivity index (χ2v) is 5.87. The van der Waals surface area contributed by atoms with Gasteiger partial charge >= 0.3 is 0 Å². The van der Waals surface area contributed by atoms with Gasteiger partial charge in [-0.25, -0.2) is 4.39 Å². The predicted molar refractivity (Wildman–Crippen MR) is 85.8 cm³/mol. The van der Waals surface area contributed by atoms with Crippen LogP contribution in [0.25, 0.3) is 0 Å². The maximum atomic E-state index is 13.7. The van der Waals surface area contributed by atoms with Crippen molar-refractivity contribution in [3.05, 3.63) is 28.0 Å². The third kappa shape index (κ3) is 4.19. The highest BCUT2D eigenvalue weighted by molar-refractivity contribution is 9.10. The Hall–Kier alpha value is -0.610. The van der Waals surface area contributed by atoms with E-state index in [1.807, 2.05) is 6.07 Å². The van der Waals surface area contributed by atoms with Crippen LogP contribution in [0.1, 0.15) is 51.6 Å². The summed E-state index contributed by atoms with van der Waals surface area (Å²) in [4.78, 5) is 0. The summed E-state index contributed by atoms with van der Waals surface area (Å²) in [5, 5.41) is 3.59. The first-order valence-corrected chi connectivity index (χ1v) is 8.14. The van der Waals surface area contributed by atoms with Gasteiger partial charge < -0.3 is 10.1 Å². The molecule has 0 heterocycles. The van der Waals surface area contributed by atoms with Crippen LogP contribution in [-0.4, -0.2) is 13.7 Å². The molecule has 1 atom stereocenters. The molecule has 0 saturated carbocycles. The van der Waals surface area contributed by atoms with Crippen molar-refractivity contribution >= 4 is 15.9 Å². The Morgan fingerprint density at radius 2 is 1.90 bits per heavy atom. The molecule has 0 fully saturated rings. The minimum atomic E-state index is -0.288. The monoisotopic (exact) mass is 345 g/mol. The van der Waals surface area contributed by atoms with Crippen molar-refractivity contribution in [2.45, 2.75) is 46.1 Å². The lowest BCUT2D eigenvalue weighted by atomic mass is 9.88. The lowest BCUT2D eigenvalue weighted by Gasteiger charge is -2.28. The lowest BCUT2D eigenvalue weighted by molar-refractivity contribution is 0.324. The molecule has 0 spiro atoms. The summed E-state index contributed by atoms with van der Waals surface area (Å²) in [6, 6.07) is 3.50. The second-order valence-electron chi connectivity index (χ2n) is 5.02. The molecule has 20 heavy (non-hydrogen) atoms. The van der Waals surface area contributed by atoms with Gasteiger partial charge in [-0.15, -0.1) is 0 Å². The quantitative estimate of drug-likeness (QED) is 0.709. The molecule has 1 unspecified atom stereocenters. The average molecular weight is 346 g/mol.